The van der Waals surface area contributed by atoms with Gasteiger partial charge >= 0.3 is 30.3 Å². The van der Waals surface area contributed by atoms with E-state index in [0.717, 1.165) is 16.6 Å². The first kappa shape index (κ1) is 32.2. The number of halogens is 7. The highest BCUT2D eigenvalue weighted by atomic mass is 35.5. The number of carboxylic acid groups (broad SMARTS) is 2. The van der Waals surface area contributed by atoms with Gasteiger partial charge in [-0.3, -0.25) is 4.79 Å². The van der Waals surface area contributed by atoms with Gasteiger partial charge in [0.05, 0.1) is 17.1 Å². The molecule has 0 aliphatic heterocycles. The van der Waals surface area contributed by atoms with Crippen molar-refractivity contribution in [2.45, 2.75) is 37.8 Å². The number of nitrogens with one attached hydrogen (secondary N) is 1. The van der Waals surface area contributed by atoms with Crippen molar-refractivity contribution in [2.24, 2.45) is 5.73 Å². The van der Waals surface area contributed by atoms with Crippen LogP contribution in [0.2, 0.25) is 5.02 Å². The molecule has 1 atom stereocenters. The summed E-state index contributed by atoms with van der Waals surface area (Å²) in [5.41, 5.74) is 8.72. The van der Waals surface area contributed by atoms with Gasteiger partial charge in [0.2, 0.25) is 0 Å². The molecule has 0 spiro atoms. The van der Waals surface area contributed by atoms with Crippen molar-refractivity contribution in [1.82, 2.24) is 9.97 Å². The van der Waals surface area contributed by atoms with Gasteiger partial charge in [-0.15, -0.1) is 0 Å². The first-order valence-electron chi connectivity index (χ1n) is 10.2. The molecular weight excluding hydrogens is 552 g/mol. The highest BCUT2D eigenvalue weighted by Crippen LogP contribution is 2.21. The van der Waals surface area contributed by atoms with Gasteiger partial charge in [-0.2, -0.15) is 26.3 Å². The average molecular weight is 572 g/mol. The Morgan fingerprint density at radius 2 is 1.50 bits per heavy atom. The fourth-order valence-corrected chi connectivity index (χ4v) is 2.56. The number of benzene rings is 2. The Morgan fingerprint density at radius 3 is 2.00 bits per heavy atom. The summed E-state index contributed by atoms with van der Waals surface area (Å²) in [4.78, 5) is 37.2. The first-order valence-corrected chi connectivity index (χ1v) is 10.6. The second-order valence-corrected chi connectivity index (χ2v) is 7.62. The van der Waals surface area contributed by atoms with Crippen LogP contribution in [0.4, 0.5) is 26.3 Å². The van der Waals surface area contributed by atoms with Gasteiger partial charge in [0.1, 0.15) is 12.4 Å². The van der Waals surface area contributed by atoms with E-state index in [1.165, 1.54) is 0 Å². The number of esters is 1. The Hall–Kier alpha value is -3.85. The topological polar surface area (TPSA) is 156 Å². The minimum Gasteiger partial charge on any atom is -0.475 e. The third kappa shape index (κ3) is 11.9. The Kier molecular flexibility index (Phi) is 12.0. The van der Waals surface area contributed by atoms with Crippen molar-refractivity contribution in [1.29, 1.82) is 0 Å². The van der Waals surface area contributed by atoms with E-state index in [4.69, 9.17) is 41.9 Å². The first-order chi connectivity index (χ1) is 17.5. The zero-order valence-electron chi connectivity index (χ0n) is 19.0. The van der Waals surface area contributed by atoms with E-state index in [1.54, 1.807) is 12.1 Å². The molecule has 2 aromatic carbocycles. The number of H-pyrrole nitrogens is 1. The van der Waals surface area contributed by atoms with E-state index in [-0.39, 0.29) is 25.0 Å². The van der Waals surface area contributed by atoms with Gasteiger partial charge in [0.25, 0.3) is 0 Å². The summed E-state index contributed by atoms with van der Waals surface area (Å²) in [6.07, 6.45) is -9.47. The number of imidazole rings is 1. The number of carbonyl (C=O) groups excluding carboxylic acids is 1. The van der Waals surface area contributed by atoms with Crippen LogP contribution < -0.4 is 5.73 Å². The van der Waals surface area contributed by atoms with E-state index in [1.807, 2.05) is 36.4 Å². The average Bonchev–Trinajstić information content (AvgIpc) is 3.25. The minimum atomic E-state index is -5.08. The van der Waals surface area contributed by atoms with Crippen LogP contribution in [-0.4, -0.2) is 50.4 Å². The molecule has 0 saturated carbocycles. The Morgan fingerprint density at radius 1 is 0.974 bits per heavy atom. The van der Waals surface area contributed by atoms with Crippen LogP contribution in [0.1, 0.15) is 30.3 Å². The largest absolute Gasteiger partial charge is 0.490 e. The number of ether oxygens (including phenoxy) is 1. The second kappa shape index (κ2) is 14.2. The van der Waals surface area contributed by atoms with Gasteiger partial charge in [-0.25, -0.2) is 14.6 Å². The number of nitrogens with zero attached hydrogens (tertiary/aromatic N) is 1. The van der Waals surface area contributed by atoms with Crippen LogP contribution in [0.15, 0.2) is 48.5 Å². The summed E-state index contributed by atoms with van der Waals surface area (Å²) in [5.74, 6) is -5.14. The van der Waals surface area contributed by atoms with Crippen molar-refractivity contribution >= 4 is 40.5 Å². The summed E-state index contributed by atoms with van der Waals surface area (Å²) in [6, 6.07) is 14.6. The van der Waals surface area contributed by atoms with E-state index < -0.39 is 24.3 Å². The summed E-state index contributed by atoms with van der Waals surface area (Å²) < 4.78 is 68.7. The molecule has 1 heterocycles. The molecule has 0 amide bonds. The summed E-state index contributed by atoms with van der Waals surface area (Å²) in [7, 11) is 0. The smallest absolute Gasteiger partial charge is 0.475 e. The number of aromatic amines is 1. The number of alkyl halides is 6. The number of rotatable bonds is 6. The molecule has 0 radical (unpaired) electrons. The van der Waals surface area contributed by atoms with Gasteiger partial charge in [-0.1, -0.05) is 41.9 Å². The van der Waals surface area contributed by atoms with Crippen molar-refractivity contribution in [3.8, 4) is 0 Å². The maximum Gasteiger partial charge on any atom is 0.490 e. The van der Waals surface area contributed by atoms with Crippen LogP contribution in [-0.2, 0) is 25.7 Å². The predicted molar refractivity (Wildman–Crippen MR) is 121 cm³/mol. The number of carboxylic acids is 2. The van der Waals surface area contributed by atoms with Gasteiger partial charge in [0.15, 0.2) is 0 Å². The number of aromatic nitrogens is 2. The zero-order chi connectivity index (χ0) is 29.1. The molecule has 0 fully saturated rings. The molecule has 0 unspecified atom stereocenters. The summed E-state index contributed by atoms with van der Waals surface area (Å²) in [5, 5.41) is 14.9. The highest BCUT2D eigenvalue weighted by Gasteiger charge is 2.38. The lowest BCUT2D eigenvalue weighted by atomic mass is 10.1. The Labute approximate surface area is 215 Å². The quantitative estimate of drug-likeness (QED) is 0.238. The lowest BCUT2D eigenvalue weighted by Crippen LogP contribution is -2.21. The maximum atomic E-state index is 11.8. The molecule has 1 aromatic heterocycles. The monoisotopic (exact) mass is 571 g/mol. The number of hydrogen-bond donors (Lipinski definition) is 4. The third-order valence-electron chi connectivity index (χ3n) is 4.20. The van der Waals surface area contributed by atoms with Crippen LogP contribution in [0.25, 0.3) is 11.0 Å². The number of nitrogens with two attached hydrogens (primary N) is 1. The molecule has 3 aromatic rings. The van der Waals surface area contributed by atoms with Gasteiger partial charge < -0.3 is 25.7 Å². The van der Waals surface area contributed by atoms with E-state index in [0.29, 0.717) is 17.3 Å². The van der Waals surface area contributed by atoms with Crippen LogP contribution in [0.3, 0.4) is 0 Å². The van der Waals surface area contributed by atoms with Gasteiger partial charge in [-0.05, 0) is 30.2 Å². The number of aliphatic carboxylic acids is 2. The number of fused-ring (bicyclic) bond motifs is 1. The standard InChI is InChI=1S/C18H18ClN3O2.2C2HF3O2/c19-13-6-8-15-16(10-13)22-18(21-15)14(20)7-9-17(23)24-11-12-4-2-1-3-5-12;2*3-2(4,5)1(6)7/h1-6,8,10,14H,7,9,11,20H2,(H,21,22);2*(H,6,7)/t14-;;/m0../s1. The number of hydrogen-bond acceptors (Lipinski definition) is 6. The van der Waals surface area contributed by atoms with Crippen molar-refractivity contribution < 1.29 is 55.7 Å². The molecule has 9 nitrogen and oxygen atoms in total. The second-order valence-electron chi connectivity index (χ2n) is 7.18. The molecule has 38 heavy (non-hydrogen) atoms. The maximum absolute atomic E-state index is 11.8. The lowest BCUT2D eigenvalue weighted by Gasteiger charge is -2.09. The van der Waals surface area contributed by atoms with Crippen LogP contribution >= 0.6 is 11.6 Å². The molecule has 0 aliphatic carbocycles. The predicted octanol–water partition coefficient (Wildman–Crippen LogP) is 5.01. The fourth-order valence-electron chi connectivity index (χ4n) is 2.39. The highest BCUT2D eigenvalue weighted by molar-refractivity contribution is 6.31. The SMILES string of the molecule is N[C@@H](CCC(=O)OCc1ccccc1)c1nc2cc(Cl)ccc2[nH]1.O=C(O)C(F)(F)F.O=C(O)C(F)(F)F. The molecule has 208 valence electrons. The van der Waals surface area contributed by atoms with E-state index in [9.17, 15) is 31.1 Å². The van der Waals surface area contributed by atoms with E-state index >= 15 is 0 Å². The third-order valence-corrected chi connectivity index (χ3v) is 4.44. The van der Waals surface area contributed by atoms with Crippen LogP contribution in [0, 0.1) is 0 Å². The minimum absolute atomic E-state index is 0.242. The lowest BCUT2D eigenvalue weighted by molar-refractivity contribution is -0.193. The molecule has 5 N–H and O–H groups in total. The molecule has 16 heteroatoms. The van der Waals surface area contributed by atoms with Gasteiger partial charge in [0, 0.05) is 11.4 Å². The normalized spacial score (nSPS) is 11.9. The molecule has 0 aliphatic rings. The van der Waals surface area contributed by atoms with Crippen molar-refractivity contribution in [2.75, 3.05) is 0 Å². The van der Waals surface area contributed by atoms with E-state index in [2.05, 4.69) is 9.97 Å². The molecule has 0 saturated heterocycles. The van der Waals surface area contributed by atoms with Crippen molar-refractivity contribution in [3.63, 3.8) is 0 Å². The Balaban J connectivity index is 0.000000426. The van der Waals surface area contributed by atoms with Crippen LogP contribution in [0.5, 0.6) is 0 Å². The summed E-state index contributed by atoms with van der Waals surface area (Å²) >= 11 is 5.95. The molecule has 0 bridgehead atoms. The molecule has 3 rings (SSSR count). The van der Waals surface area contributed by atoms with Crippen molar-refractivity contribution in [3.05, 3.63) is 64.9 Å². The fraction of sp³-hybridized carbons (Fsp3) is 0.273. The summed E-state index contributed by atoms with van der Waals surface area (Å²) in [6.45, 7) is 0.276. The number of carbonyl (C=O) groups is 3. The molecular formula is C22H20ClF6N3O6. The zero-order valence-corrected chi connectivity index (χ0v) is 19.8. The Bertz CT molecular complexity index is 1190.